The highest BCUT2D eigenvalue weighted by atomic mass is 16.5. The van der Waals surface area contributed by atoms with Crippen molar-refractivity contribution < 1.29 is 24.5 Å². The summed E-state index contributed by atoms with van der Waals surface area (Å²) in [5.41, 5.74) is 11.2. The van der Waals surface area contributed by atoms with Crippen molar-refractivity contribution >= 4 is 11.9 Å². The molecule has 2 aromatic rings. The van der Waals surface area contributed by atoms with Gasteiger partial charge >= 0.3 is 11.9 Å². The number of hydrogen-bond acceptors (Lipinski definition) is 4. The smallest absolute Gasteiger partial charge is 0.328 e. The molecule has 0 spiro atoms. The first kappa shape index (κ1) is 20.7. The molecule has 7 heteroatoms. The summed E-state index contributed by atoms with van der Waals surface area (Å²) in [4.78, 5) is 19.1. The number of carboxylic acids is 2. The summed E-state index contributed by atoms with van der Waals surface area (Å²) in [5, 5.41) is 15.6. The van der Waals surface area contributed by atoms with Crippen LogP contribution < -0.4 is 10.5 Å². The summed E-state index contributed by atoms with van der Waals surface area (Å²) in [5.74, 6) is -1.49. The van der Waals surface area contributed by atoms with Crippen LogP contribution in [0, 0.1) is 0 Å². The quantitative estimate of drug-likeness (QED) is 0.550. The minimum absolute atomic E-state index is 0.416. The average Bonchev–Trinajstić information content (AvgIpc) is 3.39. The molecule has 154 valence electrons. The summed E-state index contributed by atoms with van der Waals surface area (Å²) in [6, 6.07) is 8.82. The zero-order valence-electron chi connectivity index (χ0n) is 16.2. The Bertz CT molecular complexity index is 894. The van der Waals surface area contributed by atoms with Gasteiger partial charge in [0.25, 0.3) is 0 Å². The van der Waals surface area contributed by atoms with Crippen molar-refractivity contribution in [3.05, 3.63) is 53.7 Å². The summed E-state index contributed by atoms with van der Waals surface area (Å²) >= 11 is 0. The highest BCUT2D eigenvalue weighted by molar-refractivity contribution is 5.89. The van der Waals surface area contributed by atoms with E-state index >= 15 is 0 Å². The Morgan fingerprint density at radius 1 is 1.10 bits per heavy atom. The van der Waals surface area contributed by atoms with E-state index in [2.05, 4.69) is 35.0 Å². The molecule has 2 aliphatic carbocycles. The lowest BCUT2D eigenvalue weighted by molar-refractivity contribution is -0.134. The van der Waals surface area contributed by atoms with E-state index in [0.29, 0.717) is 24.8 Å². The minimum Gasteiger partial charge on any atom is -0.490 e. The topological polar surface area (TPSA) is 115 Å². The van der Waals surface area contributed by atoms with Crippen molar-refractivity contribution in [1.82, 2.24) is 4.57 Å². The number of carboxylic acid groups (broad SMARTS) is 2. The maximum Gasteiger partial charge on any atom is 0.328 e. The normalized spacial score (nSPS) is 14.9. The van der Waals surface area contributed by atoms with E-state index in [0.717, 1.165) is 18.7 Å². The number of nitrogens with zero attached hydrogens (tertiary/aromatic N) is 1. The van der Waals surface area contributed by atoms with Gasteiger partial charge in [0.05, 0.1) is 11.8 Å². The number of ether oxygens (including phenoxy) is 1. The van der Waals surface area contributed by atoms with Crippen LogP contribution in [-0.2, 0) is 22.6 Å². The van der Waals surface area contributed by atoms with Gasteiger partial charge in [-0.15, -0.1) is 0 Å². The molecule has 0 unspecified atom stereocenters. The molecule has 0 radical (unpaired) electrons. The largest absolute Gasteiger partial charge is 0.490 e. The van der Waals surface area contributed by atoms with Crippen LogP contribution in [-0.4, -0.2) is 39.4 Å². The molecule has 7 nitrogen and oxygen atoms in total. The molecule has 0 aliphatic heterocycles. The van der Waals surface area contributed by atoms with E-state index in [1.165, 1.54) is 48.1 Å². The lowest BCUT2D eigenvalue weighted by Crippen LogP contribution is -2.11. The fourth-order valence-corrected chi connectivity index (χ4v) is 3.86. The van der Waals surface area contributed by atoms with E-state index in [1.807, 2.05) is 0 Å². The van der Waals surface area contributed by atoms with E-state index < -0.39 is 11.9 Å². The molecular weight excluding hydrogens is 372 g/mol. The summed E-state index contributed by atoms with van der Waals surface area (Å²) in [7, 11) is 0. The van der Waals surface area contributed by atoms with Crippen LogP contribution in [0.2, 0.25) is 0 Å². The Morgan fingerprint density at radius 2 is 1.79 bits per heavy atom. The van der Waals surface area contributed by atoms with Crippen molar-refractivity contribution in [2.45, 2.75) is 44.8 Å². The molecule has 1 saturated carbocycles. The monoisotopic (exact) mass is 398 g/mol. The molecule has 0 atom stereocenters. The predicted molar refractivity (Wildman–Crippen MR) is 109 cm³/mol. The molecule has 1 aromatic heterocycles. The van der Waals surface area contributed by atoms with Gasteiger partial charge in [0.1, 0.15) is 5.75 Å². The van der Waals surface area contributed by atoms with Crippen LogP contribution in [0.4, 0.5) is 0 Å². The number of fused-ring (bicyclic) bond motifs is 3. The van der Waals surface area contributed by atoms with Crippen molar-refractivity contribution in [1.29, 1.82) is 0 Å². The van der Waals surface area contributed by atoms with E-state index in [-0.39, 0.29) is 0 Å². The Hall–Kier alpha value is -3.06. The molecule has 1 fully saturated rings. The Labute approximate surface area is 169 Å². The standard InChI is InChI=1S/C18H22N2O.C4H4O4/c19-8-10-20-9-7-14-11-13-5-6-16(12-17(13)18(14)20)21-15-3-1-2-4-15;5-3(6)1-2-4(7)8/h5-7,9,12,15H,1-4,8,10-11,19H2;1-2H,(H,5,6)(H,7,8). The van der Waals surface area contributed by atoms with Crippen molar-refractivity contribution in [2.75, 3.05) is 6.54 Å². The van der Waals surface area contributed by atoms with Gasteiger partial charge < -0.3 is 25.3 Å². The predicted octanol–water partition coefficient (Wildman–Crippen LogP) is 3.05. The number of benzene rings is 1. The van der Waals surface area contributed by atoms with Crippen LogP contribution in [0.5, 0.6) is 5.75 Å². The zero-order valence-corrected chi connectivity index (χ0v) is 16.2. The number of carbonyl (C=O) groups is 2. The summed E-state index contributed by atoms with van der Waals surface area (Å²) < 4.78 is 8.44. The Balaban J connectivity index is 0.000000258. The van der Waals surface area contributed by atoms with Crippen molar-refractivity contribution in [3.63, 3.8) is 0 Å². The van der Waals surface area contributed by atoms with E-state index in [1.54, 1.807) is 0 Å². The number of hydrogen-bond donors (Lipinski definition) is 3. The average molecular weight is 398 g/mol. The SMILES string of the molecule is NCCn1ccc2c1-c1cc(OC3CCCC3)ccc1C2.O=C(O)C=CC(=O)O. The molecule has 4 rings (SSSR count). The van der Waals surface area contributed by atoms with Gasteiger partial charge in [0.2, 0.25) is 0 Å². The van der Waals surface area contributed by atoms with Crippen molar-refractivity contribution in [2.24, 2.45) is 5.73 Å². The fourth-order valence-electron chi connectivity index (χ4n) is 3.86. The molecule has 2 aliphatic rings. The third kappa shape index (κ3) is 5.26. The van der Waals surface area contributed by atoms with Crippen LogP contribution in [0.3, 0.4) is 0 Å². The van der Waals surface area contributed by atoms with Crippen LogP contribution >= 0.6 is 0 Å². The highest BCUT2D eigenvalue weighted by Crippen LogP contribution is 2.39. The van der Waals surface area contributed by atoms with E-state index in [9.17, 15) is 9.59 Å². The zero-order chi connectivity index (χ0) is 20.8. The van der Waals surface area contributed by atoms with Gasteiger partial charge in [0.15, 0.2) is 0 Å². The lowest BCUT2D eigenvalue weighted by atomic mass is 10.1. The fraction of sp³-hybridized carbons (Fsp3) is 0.364. The van der Waals surface area contributed by atoms with Gasteiger partial charge in [0, 0.05) is 43.4 Å². The second-order valence-electron chi connectivity index (χ2n) is 7.20. The van der Waals surface area contributed by atoms with Gasteiger partial charge in [-0.2, -0.15) is 0 Å². The van der Waals surface area contributed by atoms with Gasteiger partial charge in [-0.1, -0.05) is 6.07 Å². The van der Waals surface area contributed by atoms with Crippen LogP contribution in [0.25, 0.3) is 11.3 Å². The molecule has 4 N–H and O–H groups in total. The number of nitrogens with two attached hydrogens (primary N) is 1. The highest BCUT2D eigenvalue weighted by Gasteiger charge is 2.23. The molecule has 0 bridgehead atoms. The maximum absolute atomic E-state index is 9.55. The molecule has 0 saturated heterocycles. The first-order valence-electron chi connectivity index (χ1n) is 9.80. The van der Waals surface area contributed by atoms with Gasteiger partial charge in [-0.05, 0) is 55.0 Å². The molecule has 0 amide bonds. The number of rotatable bonds is 6. The third-order valence-corrected chi connectivity index (χ3v) is 5.11. The third-order valence-electron chi connectivity index (χ3n) is 5.11. The van der Waals surface area contributed by atoms with Crippen LogP contribution in [0.15, 0.2) is 42.6 Å². The van der Waals surface area contributed by atoms with Gasteiger partial charge in [-0.25, -0.2) is 9.59 Å². The number of aromatic nitrogens is 1. The summed E-state index contributed by atoms with van der Waals surface area (Å²) in [6.07, 6.45) is 9.73. The minimum atomic E-state index is -1.26. The summed E-state index contributed by atoms with van der Waals surface area (Å²) in [6.45, 7) is 1.55. The second-order valence-corrected chi connectivity index (χ2v) is 7.20. The lowest BCUT2D eigenvalue weighted by Gasteiger charge is -2.15. The molecule has 1 aromatic carbocycles. The van der Waals surface area contributed by atoms with Crippen LogP contribution in [0.1, 0.15) is 36.8 Å². The first-order chi connectivity index (χ1) is 14.0. The molecule has 1 heterocycles. The van der Waals surface area contributed by atoms with Crippen molar-refractivity contribution in [3.8, 4) is 17.0 Å². The maximum atomic E-state index is 9.55. The van der Waals surface area contributed by atoms with E-state index in [4.69, 9.17) is 20.7 Å². The Kier molecular flexibility index (Phi) is 6.72. The molecular formula is C22H26N2O5. The van der Waals surface area contributed by atoms with Gasteiger partial charge in [-0.3, -0.25) is 0 Å². The Morgan fingerprint density at radius 3 is 2.41 bits per heavy atom. The molecule has 29 heavy (non-hydrogen) atoms. The second kappa shape index (κ2) is 9.43. The first-order valence-corrected chi connectivity index (χ1v) is 9.80. The number of aliphatic carboxylic acids is 2.